The molecule has 0 radical (unpaired) electrons. The van der Waals surface area contributed by atoms with Crippen molar-refractivity contribution in [3.63, 3.8) is 0 Å². The molecule has 0 aliphatic carbocycles. The molecule has 1 fully saturated rings. The largest absolute Gasteiger partial charge is 0.495 e. The lowest BCUT2D eigenvalue weighted by molar-refractivity contribution is -0.122. The molecule has 7 heteroatoms. The Morgan fingerprint density at radius 3 is 2.56 bits per heavy atom. The zero-order valence-electron chi connectivity index (χ0n) is 15.5. The SMILES string of the molecule is COc1ccc(Cl)cc1NC(=O)C1CC(=O)N(c2ccc(N(C)C)cc2)C1. The standard InChI is InChI=1S/C20H22ClN3O3/c1-23(2)15-5-7-16(8-6-15)24-12-13(10-19(24)25)20(26)22-17-11-14(21)4-9-18(17)27-3/h4-9,11,13H,10,12H2,1-3H3,(H,22,26). The van der Waals surface area contributed by atoms with Crippen LogP contribution in [0.5, 0.6) is 5.75 Å². The van der Waals surface area contributed by atoms with Crippen LogP contribution in [0.1, 0.15) is 6.42 Å². The number of nitrogens with zero attached hydrogens (tertiary/aromatic N) is 2. The molecule has 0 bridgehead atoms. The number of rotatable bonds is 5. The number of carbonyl (C=O) groups is 2. The molecular weight excluding hydrogens is 366 g/mol. The normalized spacial score (nSPS) is 16.4. The van der Waals surface area contributed by atoms with Gasteiger partial charge < -0.3 is 19.9 Å². The van der Waals surface area contributed by atoms with E-state index >= 15 is 0 Å². The smallest absolute Gasteiger partial charge is 0.229 e. The van der Waals surface area contributed by atoms with Gasteiger partial charge in [0.25, 0.3) is 0 Å². The third-order valence-electron chi connectivity index (χ3n) is 4.59. The average Bonchev–Trinajstić information content (AvgIpc) is 3.04. The second-order valence-electron chi connectivity index (χ2n) is 6.65. The first-order valence-electron chi connectivity index (χ1n) is 8.61. The number of nitrogens with one attached hydrogen (secondary N) is 1. The first kappa shape index (κ1) is 19.0. The molecule has 1 unspecified atom stereocenters. The van der Waals surface area contributed by atoms with Crippen molar-refractivity contribution >= 4 is 40.5 Å². The zero-order chi connectivity index (χ0) is 19.6. The molecule has 2 aromatic carbocycles. The van der Waals surface area contributed by atoms with Gasteiger partial charge >= 0.3 is 0 Å². The highest BCUT2D eigenvalue weighted by molar-refractivity contribution is 6.31. The van der Waals surface area contributed by atoms with Crippen molar-refractivity contribution in [2.45, 2.75) is 6.42 Å². The van der Waals surface area contributed by atoms with Crippen LogP contribution in [0.4, 0.5) is 17.1 Å². The molecule has 27 heavy (non-hydrogen) atoms. The summed E-state index contributed by atoms with van der Waals surface area (Å²) in [5.74, 6) is -0.204. The van der Waals surface area contributed by atoms with Gasteiger partial charge in [-0.3, -0.25) is 9.59 Å². The minimum atomic E-state index is -0.435. The van der Waals surface area contributed by atoms with Crippen molar-refractivity contribution in [1.82, 2.24) is 0 Å². The van der Waals surface area contributed by atoms with Crippen molar-refractivity contribution in [1.29, 1.82) is 0 Å². The lowest BCUT2D eigenvalue weighted by Crippen LogP contribution is -2.28. The van der Waals surface area contributed by atoms with E-state index in [9.17, 15) is 9.59 Å². The summed E-state index contributed by atoms with van der Waals surface area (Å²) in [5, 5.41) is 3.32. The second-order valence-corrected chi connectivity index (χ2v) is 7.09. The lowest BCUT2D eigenvalue weighted by Gasteiger charge is -2.19. The summed E-state index contributed by atoms with van der Waals surface area (Å²) >= 11 is 6.01. The van der Waals surface area contributed by atoms with Crippen molar-refractivity contribution < 1.29 is 14.3 Å². The van der Waals surface area contributed by atoms with E-state index in [1.807, 2.05) is 43.3 Å². The van der Waals surface area contributed by atoms with Gasteiger partial charge in [0.2, 0.25) is 11.8 Å². The summed E-state index contributed by atoms with van der Waals surface area (Å²) < 4.78 is 5.25. The van der Waals surface area contributed by atoms with Crippen LogP contribution in [0.15, 0.2) is 42.5 Å². The summed E-state index contributed by atoms with van der Waals surface area (Å²) in [6, 6.07) is 12.7. The van der Waals surface area contributed by atoms with Crippen LogP contribution in [0.25, 0.3) is 0 Å². The highest BCUT2D eigenvalue weighted by atomic mass is 35.5. The van der Waals surface area contributed by atoms with E-state index in [-0.39, 0.29) is 18.2 Å². The van der Waals surface area contributed by atoms with E-state index in [4.69, 9.17) is 16.3 Å². The number of benzene rings is 2. The predicted octanol–water partition coefficient (Wildman–Crippen LogP) is 3.41. The summed E-state index contributed by atoms with van der Waals surface area (Å²) in [6.45, 7) is 0.342. The molecular formula is C20H22ClN3O3. The van der Waals surface area contributed by atoms with Gasteiger partial charge in [0.15, 0.2) is 0 Å². The topological polar surface area (TPSA) is 61.9 Å². The van der Waals surface area contributed by atoms with Gasteiger partial charge in [-0.2, -0.15) is 0 Å². The highest BCUT2D eigenvalue weighted by Crippen LogP contribution is 2.31. The van der Waals surface area contributed by atoms with Gasteiger partial charge in [-0.1, -0.05) is 11.6 Å². The summed E-state index contributed by atoms with van der Waals surface area (Å²) in [7, 11) is 5.44. The molecule has 3 rings (SSSR count). The average molecular weight is 388 g/mol. The molecule has 6 nitrogen and oxygen atoms in total. The molecule has 2 amide bonds. The Morgan fingerprint density at radius 2 is 1.93 bits per heavy atom. The Labute approximate surface area is 163 Å². The first-order valence-corrected chi connectivity index (χ1v) is 8.99. The van der Waals surface area contributed by atoms with Crippen molar-refractivity contribution in [3.8, 4) is 5.75 Å². The quantitative estimate of drug-likeness (QED) is 0.854. The molecule has 0 aromatic heterocycles. The van der Waals surface area contributed by atoms with Crippen LogP contribution in [0.3, 0.4) is 0 Å². The number of amides is 2. The van der Waals surface area contributed by atoms with Crippen LogP contribution in [0.2, 0.25) is 5.02 Å². The van der Waals surface area contributed by atoms with Gasteiger partial charge in [0, 0.05) is 43.5 Å². The third kappa shape index (κ3) is 4.17. The van der Waals surface area contributed by atoms with E-state index in [0.717, 1.165) is 11.4 Å². The van der Waals surface area contributed by atoms with Gasteiger partial charge in [-0.25, -0.2) is 0 Å². The van der Waals surface area contributed by atoms with E-state index in [0.29, 0.717) is 23.0 Å². The molecule has 1 N–H and O–H groups in total. The maximum absolute atomic E-state index is 12.7. The molecule has 1 saturated heterocycles. The van der Waals surface area contributed by atoms with Crippen LogP contribution in [0, 0.1) is 5.92 Å². The molecule has 0 spiro atoms. The van der Waals surface area contributed by atoms with Crippen LogP contribution in [-0.2, 0) is 9.59 Å². The van der Waals surface area contributed by atoms with Gasteiger partial charge in [-0.05, 0) is 42.5 Å². The number of halogens is 1. The molecule has 0 saturated carbocycles. The van der Waals surface area contributed by atoms with Gasteiger partial charge in [0.1, 0.15) is 5.75 Å². The summed E-state index contributed by atoms with van der Waals surface area (Å²) in [4.78, 5) is 28.7. The van der Waals surface area contributed by atoms with Crippen LogP contribution >= 0.6 is 11.6 Å². The van der Waals surface area contributed by atoms with E-state index in [1.54, 1.807) is 23.1 Å². The molecule has 1 aliphatic heterocycles. The fraction of sp³-hybridized carbons (Fsp3) is 0.300. The van der Waals surface area contributed by atoms with Gasteiger partial charge in [-0.15, -0.1) is 0 Å². The molecule has 142 valence electrons. The van der Waals surface area contributed by atoms with Crippen molar-refractivity contribution in [2.24, 2.45) is 5.92 Å². The fourth-order valence-electron chi connectivity index (χ4n) is 3.08. The second kappa shape index (κ2) is 7.88. The third-order valence-corrected chi connectivity index (χ3v) is 4.83. The Balaban J connectivity index is 1.71. The Morgan fingerprint density at radius 1 is 1.22 bits per heavy atom. The van der Waals surface area contributed by atoms with Crippen LogP contribution < -0.4 is 19.9 Å². The monoisotopic (exact) mass is 387 g/mol. The lowest BCUT2D eigenvalue weighted by atomic mass is 10.1. The summed E-state index contributed by atoms with van der Waals surface area (Å²) in [6.07, 6.45) is 0.171. The van der Waals surface area contributed by atoms with Gasteiger partial charge in [0.05, 0.1) is 18.7 Å². The Bertz CT molecular complexity index is 852. The fourth-order valence-corrected chi connectivity index (χ4v) is 3.25. The number of methoxy groups -OCH3 is 1. The van der Waals surface area contributed by atoms with Crippen molar-refractivity contribution in [2.75, 3.05) is 42.9 Å². The zero-order valence-corrected chi connectivity index (χ0v) is 16.3. The predicted molar refractivity (Wildman–Crippen MR) is 108 cm³/mol. The molecule has 1 aliphatic rings. The number of anilines is 3. The molecule has 1 heterocycles. The first-order chi connectivity index (χ1) is 12.9. The number of carbonyl (C=O) groups excluding carboxylic acids is 2. The maximum Gasteiger partial charge on any atom is 0.229 e. The summed E-state index contributed by atoms with van der Waals surface area (Å²) in [5.41, 5.74) is 2.34. The Hall–Kier alpha value is -2.73. The molecule has 2 aromatic rings. The van der Waals surface area contributed by atoms with Crippen LogP contribution in [-0.4, -0.2) is 39.6 Å². The molecule has 1 atom stereocenters. The van der Waals surface area contributed by atoms with Crippen molar-refractivity contribution in [3.05, 3.63) is 47.5 Å². The minimum absolute atomic E-state index is 0.0641. The number of hydrogen-bond acceptors (Lipinski definition) is 4. The van der Waals surface area contributed by atoms with E-state index in [2.05, 4.69) is 5.32 Å². The van der Waals surface area contributed by atoms with E-state index < -0.39 is 5.92 Å². The van der Waals surface area contributed by atoms with E-state index in [1.165, 1.54) is 7.11 Å². The minimum Gasteiger partial charge on any atom is -0.495 e. The Kier molecular flexibility index (Phi) is 5.56. The maximum atomic E-state index is 12.7. The number of ether oxygens (including phenoxy) is 1. The highest BCUT2D eigenvalue weighted by Gasteiger charge is 2.35. The number of hydrogen-bond donors (Lipinski definition) is 1.